The average Bonchev–Trinajstić information content (AvgIpc) is 2.56. The SMILES string of the molecule is Cc1cc(CCC(F)(F)C(F)(F)C(F)(F)C(F)(F)C(F)(F)C(F)(F)F)cc(C)c1N. The van der Waals surface area contributed by atoms with Crippen molar-refractivity contribution < 1.29 is 57.1 Å². The highest BCUT2D eigenvalue weighted by Crippen LogP contribution is 2.60. The molecule has 174 valence electrons. The van der Waals surface area contributed by atoms with Crippen LogP contribution in [0.2, 0.25) is 0 Å². The van der Waals surface area contributed by atoms with Gasteiger partial charge in [0.2, 0.25) is 0 Å². The maximum Gasteiger partial charge on any atom is 0.460 e. The summed E-state index contributed by atoms with van der Waals surface area (Å²) in [5, 5.41) is 0. The van der Waals surface area contributed by atoms with Crippen LogP contribution in [0.1, 0.15) is 23.1 Å². The summed E-state index contributed by atoms with van der Waals surface area (Å²) in [4.78, 5) is 0. The lowest BCUT2D eigenvalue weighted by Gasteiger charge is -2.39. The molecular formula is C16H14F13N. The quantitative estimate of drug-likeness (QED) is 0.357. The molecular weight excluding hydrogens is 453 g/mol. The molecule has 0 unspecified atom stereocenters. The Kier molecular flexibility index (Phi) is 6.41. The molecule has 0 fully saturated rings. The minimum atomic E-state index is -7.88. The van der Waals surface area contributed by atoms with E-state index in [-0.39, 0.29) is 22.4 Å². The number of halogens is 13. The van der Waals surface area contributed by atoms with E-state index >= 15 is 0 Å². The second kappa shape index (κ2) is 7.36. The smallest absolute Gasteiger partial charge is 0.398 e. The number of benzene rings is 1. The van der Waals surface area contributed by atoms with Crippen molar-refractivity contribution in [3.63, 3.8) is 0 Å². The predicted octanol–water partition coefficient (Wildman–Crippen LogP) is 6.56. The molecule has 2 N–H and O–H groups in total. The number of alkyl halides is 13. The summed E-state index contributed by atoms with van der Waals surface area (Å²) in [6, 6.07) is 2.20. The molecule has 0 atom stereocenters. The van der Waals surface area contributed by atoms with Crippen LogP contribution in [0.5, 0.6) is 0 Å². The number of anilines is 1. The van der Waals surface area contributed by atoms with Gasteiger partial charge in [-0.25, -0.2) is 0 Å². The van der Waals surface area contributed by atoms with E-state index in [1.54, 1.807) is 0 Å². The summed E-state index contributed by atoms with van der Waals surface area (Å²) in [6.45, 7) is 2.76. The van der Waals surface area contributed by atoms with Crippen LogP contribution in [0, 0.1) is 13.8 Å². The predicted molar refractivity (Wildman–Crippen MR) is 79.4 cm³/mol. The standard InChI is InChI=1S/C16H14F13N/c1-7-5-9(6-8(2)10(7)30)3-4-11(17,18)12(19,20)13(21,22)14(23,24)15(25,26)16(27,28)29/h5-6H,3-4,30H2,1-2H3. The lowest BCUT2D eigenvalue weighted by molar-refractivity contribution is -0.440. The van der Waals surface area contributed by atoms with E-state index in [1.165, 1.54) is 13.8 Å². The van der Waals surface area contributed by atoms with Crippen molar-refractivity contribution in [1.29, 1.82) is 0 Å². The van der Waals surface area contributed by atoms with Gasteiger partial charge in [-0.1, -0.05) is 12.1 Å². The van der Waals surface area contributed by atoms with Crippen LogP contribution in [0.25, 0.3) is 0 Å². The maximum absolute atomic E-state index is 13.8. The summed E-state index contributed by atoms with van der Waals surface area (Å²) in [7, 11) is 0. The molecule has 14 heteroatoms. The van der Waals surface area contributed by atoms with Crippen molar-refractivity contribution in [2.45, 2.75) is 62.5 Å². The first-order chi connectivity index (χ1) is 13.0. The summed E-state index contributed by atoms with van der Waals surface area (Å²) in [5.74, 6) is -36.7. The van der Waals surface area contributed by atoms with E-state index in [0.29, 0.717) is 0 Å². The highest BCUT2D eigenvalue weighted by atomic mass is 19.4. The Morgan fingerprint density at radius 1 is 0.633 bits per heavy atom. The first-order valence-corrected chi connectivity index (χ1v) is 7.86. The van der Waals surface area contributed by atoms with E-state index in [4.69, 9.17) is 5.73 Å². The van der Waals surface area contributed by atoms with E-state index < -0.39 is 48.6 Å². The molecule has 1 nitrogen and oxygen atoms in total. The molecule has 0 aliphatic heterocycles. The van der Waals surface area contributed by atoms with Crippen LogP contribution in [0.15, 0.2) is 12.1 Å². The summed E-state index contributed by atoms with van der Waals surface area (Å²) in [6.07, 6.45) is -10.8. The largest absolute Gasteiger partial charge is 0.460 e. The number of nitrogens with two attached hydrogens (primary N) is 1. The van der Waals surface area contributed by atoms with Crippen LogP contribution in [-0.4, -0.2) is 35.8 Å². The highest BCUT2D eigenvalue weighted by molar-refractivity contribution is 5.54. The van der Waals surface area contributed by atoms with Gasteiger partial charge < -0.3 is 5.73 Å². The Morgan fingerprint density at radius 3 is 1.37 bits per heavy atom. The van der Waals surface area contributed by atoms with Crippen LogP contribution >= 0.6 is 0 Å². The molecule has 0 radical (unpaired) electrons. The fourth-order valence-electron chi connectivity index (χ4n) is 2.47. The van der Waals surface area contributed by atoms with E-state index in [2.05, 4.69) is 0 Å². The number of rotatable bonds is 7. The zero-order valence-corrected chi connectivity index (χ0v) is 15.1. The molecule has 30 heavy (non-hydrogen) atoms. The molecule has 0 saturated heterocycles. The fraction of sp³-hybridized carbons (Fsp3) is 0.625. The van der Waals surface area contributed by atoms with E-state index in [1.807, 2.05) is 0 Å². The van der Waals surface area contributed by atoms with Crippen molar-refractivity contribution in [1.82, 2.24) is 0 Å². The third-order valence-electron chi connectivity index (χ3n) is 4.38. The lowest BCUT2D eigenvalue weighted by atomic mass is 9.90. The molecule has 0 aliphatic rings. The van der Waals surface area contributed by atoms with Crippen LogP contribution in [0.3, 0.4) is 0 Å². The molecule has 0 spiro atoms. The normalized spacial score (nSPS) is 14.9. The minimum Gasteiger partial charge on any atom is -0.398 e. The number of hydrogen-bond acceptors (Lipinski definition) is 1. The molecule has 0 amide bonds. The molecule has 1 aromatic carbocycles. The lowest BCUT2D eigenvalue weighted by Crippen LogP contribution is -2.70. The second-order valence-electron chi connectivity index (χ2n) is 6.64. The first kappa shape index (κ1) is 26.1. The molecule has 1 aromatic rings. The van der Waals surface area contributed by atoms with Crippen LogP contribution in [0.4, 0.5) is 62.8 Å². The van der Waals surface area contributed by atoms with Crippen molar-refractivity contribution >= 4 is 5.69 Å². The molecule has 0 bridgehead atoms. The van der Waals surface area contributed by atoms with E-state index in [0.717, 1.165) is 12.1 Å². The van der Waals surface area contributed by atoms with Gasteiger partial charge in [-0.3, -0.25) is 0 Å². The first-order valence-electron chi connectivity index (χ1n) is 7.86. The molecule has 1 rings (SSSR count). The topological polar surface area (TPSA) is 26.0 Å². The second-order valence-corrected chi connectivity index (χ2v) is 6.64. The van der Waals surface area contributed by atoms with Crippen LogP contribution in [-0.2, 0) is 6.42 Å². The van der Waals surface area contributed by atoms with Gasteiger partial charge in [0.05, 0.1) is 0 Å². The summed E-state index contributed by atoms with van der Waals surface area (Å²) >= 11 is 0. The Hall–Kier alpha value is -1.89. The third-order valence-corrected chi connectivity index (χ3v) is 4.38. The van der Waals surface area contributed by atoms with Gasteiger partial charge in [-0.15, -0.1) is 0 Å². The zero-order valence-electron chi connectivity index (χ0n) is 15.1. The number of aryl methyl sites for hydroxylation is 3. The van der Waals surface area contributed by atoms with Gasteiger partial charge >= 0.3 is 35.8 Å². The Labute approximate surface area is 161 Å². The Balaban J connectivity index is 3.29. The highest BCUT2D eigenvalue weighted by Gasteiger charge is 2.90. The van der Waals surface area contributed by atoms with Gasteiger partial charge in [0.25, 0.3) is 0 Å². The Bertz CT molecular complexity index is 757. The van der Waals surface area contributed by atoms with Crippen molar-refractivity contribution in [3.05, 3.63) is 28.8 Å². The van der Waals surface area contributed by atoms with E-state index in [9.17, 15) is 57.1 Å². The third kappa shape index (κ3) is 3.88. The van der Waals surface area contributed by atoms with Gasteiger partial charge in [-0.05, 0) is 37.0 Å². The monoisotopic (exact) mass is 467 g/mol. The molecule has 0 aromatic heterocycles. The van der Waals surface area contributed by atoms with Crippen molar-refractivity contribution in [2.24, 2.45) is 0 Å². The van der Waals surface area contributed by atoms with Gasteiger partial charge in [0.1, 0.15) is 0 Å². The van der Waals surface area contributed by atoms with Crippen molar-refractivity contribution in [2.75, 3.05) is 5.73 Å². The average molecular weight is 467 g/mol. The number of hydrogen-bond donors (Lipinski definition) is 1. The zero-order chi connectivity index (χ0) is 24.1. The van der Waals surface area contributed by atoms with Crippen molar-refractivity contribution in [3.8, 4) is 0 Å². The molecule has 0 heterocycles. The molecule has 0 aliphatic carbocycles. The summed E-state index contributed by atoms with van der Waals surface area (Å²) in [5.41, 5.74) is 6.16. The van der Waals surface area contributed by atoms with Crippen LogP contribution < -0.4 is 5.73 Å². The maximum atomic E-state index is 13.8. The van der Waals surface area contributed by atoms with Gasteiger partial charge in [-0.2, -0.15) is 57.1 Å². The fourth-order valence-corrected chi connectivity index (χ4v) is 2.47. The van der Waals surface area contributed by atoms with Gasteiger partial charge in [0.15, 0.2) is 0 Å². The number of nitrogen functional groups attached to an aromatic ring is 1. The summed E-state index contributed by atoms with van der Waals surface area (Å²) < 4.78 is 170. The van der Waals surface area contributed by atoms with Gasteiger partial charge in [0, 0.05) is 12.1 Å². The molecule has 0 saturated carbocycles. The minimum absolute atomic E-state index is 0.162. The Morgan fingerprint density at radius 2 is 1.00 bits per heavy atom.